The zero-order valence-corrected chi connectivity index (χ0v) is 8.20. The Morgan fingerprint density at radius 2 is 2.21 bits per heavy atom. The highest BCUT2D eigenvalue weighted by atomic mass is 16.5. The van der Waals surface area contributed by atoms with Crippen LogP contribution in [-0.2, 0) is 0 Å². The quantitative estimate of drug-likeness (QED) is 0.774. The topological polar surface area (TPSA) is 35.2 Å². The summed E-state index contributed by atoms with van der Waals surface area (Å²) in [5, 5.41) is 0. The van der Waals surface area contributed by atoms with E-state index in [0.717, 1.165) is 25.2 Å². The second kappa shape index (κ2) is 4.29. The van der Waals surface area contributed by atoms with E-state index in [1.165, 1.54) is 11.1 Å². The fourth-order valence-corrected chi connectivity index (χ4v) is 1.73. The van der Waals surface area contributed by atoms with Crippen LogP contribution in [0.1, 0.15) is 18.4 Å². The summed E-state index contributed by atoms with van der Waals surface area (Å²) < 4.78 is 5.56. The van der Waals surface area contributed by atoms with Crippen LogP contribution in [0.15, 0.2) is 30.3 Å². The summed E-state index contributed by atoms with van der Waals surface area (Å²) in [5.41, 5.74) is 8.09. The first-order valence-corrected chi connectivity index (χ1v) is 5.03. The maximum Gasteiger partial charge on any atom is 0.126 e. The number of nitrogens with two attached hydrogens (primary N) is 1. The van der Waals surface area contributed by atoms with Gasteiger partial charge >= 0.3 is 0 Å². The summed E-state index contributed by atoms with van der Waals surface area (Å²) in [5.74, 6) is 1.00. The molecule has 1 aliphatic rings. The van der Waals surface area contributed by atoms with Crippen molar-refractivity contribution in [3.8, 4) is 5.75 Å². The van der Waals surface area contributed by atoms with Gasteiger partial charge in [-0.2, -0.15) is 0 Å². The standard InChI is InChI=1S/C12H15NO/c13-8-3-4-10-7-9-14-12-6-2-1-5-11(10)12/h1-2,4-6H,3,7-9,13H2/b10-4-. The molecular formula is C12H15NO. The van der Waals surface area contributed by atoms with Crippen LogP contribution in [0.3, 0.4) is 0 Å². The van der Waals surface area contributed by atoms with Crippen LogP contribution < -0.4 is 10.5 Å². The smallest absolute Gasteiger partial charge is 0.126 e. The molecule has 2 heteroatoms. The molecule has 0 aliphatic carbocycles. The van der Waals surface area contributed by atoms with Crippen molar-refractivity contribution >= 4 is 5.57 Å². The van der Waals surface area contributed by atoms with Crippen molar-refractivity contribution < 1.29 is 4.74 Å². The number of fused-ring (bicyclic) bond motifs is 1. The first-order chi connectivity index (χ1) is 6.92. The van der Waals surface area contributed by atoms with Crippen molar-refractivity contribution in [2.75, 3.05) is 13.2 Å². The van der Waals surface area contributed by atoms with Gasteiger partial charge in [-0.1, -0.05) is 24.3 Å². The minimum absolute atomic E-state index is 0.715. The third kappa shape index (κ3) is 1.80. The monoisotopic (exact) mass is 189 g/mol. The molecule has 1 aliphatic heterocycles. The lowest BCUT2D eigenvalue weighted by molar-refractivity contribution is 0.316. The van der Waals surface area contributed by atoms with Crippen LogP contribution in [0.25, 0.3) is 5.57 Å². The predicted octanol–water partition coefficient (Wildman–Crippen LogP) is 2.20. The van der Waals surface area contributed by atoms with Crippen molar-refractivity contribution in [3.63, 3.8) is 0 Å². The molecule has 0 saturated heterocycles. The van der Waals surface area contributed by atoms with E-state index in [1.54, 1.807) is 0 Å². The van der Waals surface area contributed by atoms with Crippen molar-refractivity contribution in [3.05, 3.63) is 35.9 Å². The molecule has 1 heterocycles. The van der Waals surface area contributed by atoms with E-state index < -0.39 is 0 Å². The molecule has 2 N–H and O–H groups in total. The molecule has 2 nitrogen and oxygen atoms in total. The van der Waals surface area contributed by atoms with Gasteiger partial charge in [0, 0.05) is 12.0 Å². The van der Waals surface area contributed by atoms with Gasteiger partial charge in [0.2, 0.25) is 0 Å². The molecule has 0 aromatic heterocycles. The maximum atomic E-state index is 5.56. The van der Waals surface area contributed by atoms with Crippen LogP contribution in [-0.4, -0.2) is 13.2 Å². The van der Waals surface area contributed by atoms with Crippen LogP contribution in [0, 0.1) is 0 Å². The fraction of sp³-hybridized carbons (Fsp3) is 0.333. The lowest BCUT2D eigenvalue weighted by Crippen LogP contribution is -2.08. The Morgan fingerprint density at radius 1 is 1.36 bits per heavy atom. The van der Waals surface area contributed by atoms with E-state index in [-0.39, 0.29) is 0 Å². The molecule has 1 aromatic carbocycles. The van der Waals surface area contributed by atoms with Crippen molar-refractivity contribution in [2.45, 2.75) is 12.8 Å². The van der Waals surface area contributed by atoms with Crippen LogP contribution in [0.4, 0.5) is 0 Å². The SMILES string of the molecule is NCC/C=C1/CCOc2ccccc21. The van der Waals surface area contributed by atoms with Crippen molar-refractivity contribution in [1.82, 2.24) is 0 Å². The number of ether oxygens (including phenoxy) is 1. The number of rotatable bonds is 2. The average Bonchev–Trinajstić information content (AvgIpc) is 2.26. The summed E-state index contributed by atoms with van der Waals surface area (Å²) in [4.78, 5) is 0. The highest BCUT2D eigenvalue weighted by Gasteiger charge is 2.13. The van der Waals surface area contributed by atoms with Crippen LogP contribution >= 0.6 is 0 Å². The molecule has 0 atom stereocenters. The Morgan fingerprint density at radius 3 is 3.07 bits per heavy atom. The lowest BCUT2D eigenvalue weighted by Gasteiger charge is -2.19. The van der Waals surface area contributed by atoms with E-state index >= 15 is 0 Å². The molecular weight excluding hydrogens is 174 g/mol. The van der Waals surface area contributed by atoms with E-state index in [4.69, 9.17) is 10.5 Å². The molecule has 0 fully saturated rings. The molecule has 14 heavy (non-hydrogen) atoms. The minimum Gasteiger partial charge on any atom is -0.493 e. The average molecular weight is 189 g/mol. The van der Waals surface area contributed by atoms with Gasteiger partial charge in [0.15, 0.2) is 0 Å². The number of para-hydroxylation sites is 1. The fourth-order valence-electron chi connectivity index (χ4n) is 1.73. The van der Waals surface area contributed by atoms with Gasteiger partial charge in [0.25, 0.3) is 0 Å². The zero-order chi connectivity index (χ0) is 9.80. The first kappa shape index (κ1) is 9.28. The van der Waals surface area contributed by atoms with E-state index in [1.807, 2.05) is 18.2 Å². The number of hydrogen-bond acceptors (Lipinski definition) is 2. The second-order valence-corrected chi connectivity index (χ2v) is 3.40. The summed E-state index contributed by atoms with van der Waals surface area (Å²) in [6.45, 7) is 1.50. The Balaban J connectivity index is 2.31. The Hall–Kier alpha value is -1.28. The zero-order valence-electron chi connectivity index (χ0n) is 8.20. The lowest BCUT2D eigenvalue weighted by atomic mass is 9.99. The second-order valence-electron chi connectivity index (χ2n) is 3.40. The van der Waals surface area contributed by atoms with Crippen LogP contribution in [0.2, 0.25) is 0 Å². The Kier molecular flexibility index (Phi) is 2.84. The summed E-state index contributed by atoms with van der Waals surface area (Å²) in [6.07, 6.45) is 4.17. The first-order valence-electron chi connectivity index (χ1n) is 5.03. The number of benzene rings is 1. The Labute approximate surface area is 84.4 Å². The predicted molar refractivity (Wildman–Crippen MR) is 58.2 cm³/mol. The molecule has 0 spiro atoms. The molecule has 2 rings (SSSR count). The summed E-state index contributed by atoms with van der Waals surface area (Å²) >= 11 is 0. The summed E-state index contributed by atoms with van der Waals surface area (Å²) in [7, 11) is 0. The van der Waals surface area contributed by atoms with Gasteiger partial charge in [-0.15, -0.1) is 0 Å². The van der Waals surface area contributed by atoms with Gasteiger partial charge in [-0.3, -0.25) is 0 Å². The molecule has 0 radical (unpaired) electrons. The third-order valence-electron chi connectivity index (χ3n) is 2.42. The van der Waals surface area contributed by atoms with E-state index in [9.17, 15) is 0 Å². The minimum atomic E-state index is 0.715. The van der Waals surface area contributed by atoms with E-state index in [0.29, 0.717) is 6.54 Å². The van der Waals surface area contributed by atoms with Crippen molar-refractivity contribution in [1.29, 1.82) is 0 Å². The normalized spacial score (nSPS) is 17.6. The third-order valence-corrected chi connectivity index (χ3v) is 2.42. The van der Waals surface area contributed by atoms with Gasteiger partial charge in [0.05, 0.1) is 6.61 Å². The largest absolute Gasteiger partial charge is 0.493 e. The van der Waals surface area contributed by atoms with Gasteiger partial charge in [-0.05, 0) is 24.6 Å². The molecule has 0 saturated carbocycles. The van der Waals surface area contributed by atoms with E-state index in [2.05, 4.69) is 12.1 Å². The molecule has 1 aromatic rings. The van der Waals surface area contributed by atoms with Crippen molar-refractivity contribution in [2.24, 2.45) is 5.73 Å². The molecule has 74 valence electrons. The van der Waals surface area contributed by atoms with Crippen LogP contribution in [0.5, 0.6) is 5.75 Å². The van der Waals surface area contributed by atoms with Gasteiger partial charge in [-0.25, -0.2) is 0 Å². The molecule has 0 bridgehead atoms. The van der Waals surface area contributed by atoms with Gasteiger partial charge in [0.1, 0.15) is 5.75 Å². The number of hydrogen-bond donors (Lipinski definition) is 1. The Bertz CT molecular complexity index is 344. The summed E-state index contributed by atoms with van der Waals surface area (Å²) in [6, 6.07) is 8.18. The molecule has 0 unspecified atom stereocenters. The highest BCUT2D eigenvalue weighted by Crippen LogP contribution is 2.32. The van der Waals surface area contributed by atoms with Gasteiger partial charge < -0.3 is 10.5 Å². The highest BCUT2D eigenvalue weighted by molar-refractivity contribution is 5.71. The maximum absolute atomic E-state index is 5.56. The molecule has 0 amide bonds.